The molecular formula is C36H36Cl2F3N3O4S. The maximum atomic E-state index is 14.5. The van der Waals surface area contributed by atoms with Gasteiger partial charge in [-0.25, -0.2) is 8.42 Å². The summed E-state index contributed by atoms with van der Waals surface area (Å²) in [6.07, 6.45) is -4.73. The first-order valence-electron chi connectivity index (χ1n) is 15.4. The number of hydrogen-bond acceptors (Lipinski definition) is 4. The molecule has 0 heterocycles. The summed E-state index contributed by atoms with van der Waals surface area (Å²) in [5, 5.41) is 3.41. The lowest BCUT2D eigenvalue weighted by atomic mass is 10.0. The first-order chi connectivity index (χ1) is 23.1. The zero-order valence-corrected chi connectivity index (χ0v) is 29.4. The Morgan fingerprint density at radius 3 is 2.16 bits per heavy atom. The van der Waals surface area contributed by atoms with E-state index in [4.69, 9.17) is 23.2 Å². The molecule has 4 rings (SSSR count). The van der Waals surface area contributed by atoms with Crippen molar-refractivity contribution in [2.24, 2.45) is 5.92 Å². The number of alkyl halides is 3. The number of nitrogens with one attached hydrogen (secondary N) is 1. The second-order valence-electron chi connectivity index (χ2n) is 12.0. The lowest BCUT2D eigenvalue weighted by Crippen LogP contribution is -2.53. The van der Waals surface area contributed by atoms with Crippen molar-refractivity contribution >= 4 is 50.7 Å². The summed E-state index contributed by atoms with van der Waals surface area (Å²) in [6.45, 7) is 4.71. The van der Waals surface area contributed by atoms with E-state index in [0.29, 0.717) is 33.1 Å². The molecule has 0 saturated carbocycles. The molecule has 0 aliphatic rings. The number of hydrogen-bond donors (Lipinski definition) is 1. The van der Waals surface area contributed by atoms with Crippen LogP contribution in [-0.4, -0.2) is 44.3 Å². The molecule has 13 heteroatoms. The molecule has 4 aromatic rings. The lowest BCUT2D eigenvalue weighted by molar-refractivity contribution is -0.140. The minimum atomic E-state index is -4.79. The van der Waals surface area contributed by atoms with Crippen molar-refractivity contribution in [3.8, 4) is 0 Å². The van der Waals surface area contributed by atoms with Crippen LogP contribution in [0.1, 0.15) is 36.1 Å². The van der Waals surface area contributed by atoms with Crippen molar-refractivity contribution in [3.63, 3.8) is 0 Å². The molecule has 2 amide bonds. The van der Waals surface area contributed by atoms with Crippen LogP contribution < -0.4 is 9.62 Å². The summed E-state index contributed by atoms with van der Waals surface area (Å²) >= 11 is 12.6. The number of sulfonamides is 1. The molecule has 0 aliphatic carbocycles. The number of amides is 2. The predicted octanol–water partition coefficient (Wildman–Crippen LogP) is 7.93. The molecule has 7 nitrogen and oxygen atoms in total. The second kappa shape index (κ2) is 16.1. The Bertz CT molecular complexity index is 1870. The van der Waals surface area contributed by atoms with Gasteiger partial charge >= 0.3 is 6.18 Å². The number of anilines is 1. The quantitative estimate of drug-likeness (QED) is 0.151. The molecule has 1 unspecified atom stereocenters. The van der Waals surface area contributed by atoms with Crippen LogP contribution in [0.4, 0.5) is 18.9 Å². The average molecular weight is 735 g/mol. The Balaban J connectivity index is 1.86. The lowest BCUT2D eigenvalue weighted by Gasteiger charge is -2.34. The third-order valence-corrected chi connectivity index (χ3v) is 10.0. The second-order valence-corrected chi connectivity index (χ2v) is 14.7. The third kappa shape index (κ3) is 9.99. The zero-order valence-electron chi connectivity index (χ0n) is 27.0. The van der Waals surface area contributed by atoms with E-state index >= 15 is 0 Å². The van der Waals surface area contributed by atoms with Crippen molar-refractivity contribution in [1.82, 2.24) is 10.2 Å². The van der Waals surface area contributed by atoms with Crippen LogP contribution in [0.2, 0.25) is 10.0 Å². The van der Waals surface area contributed by atoms with E-state index in [1.165, 1.54) is 29.2 Å². The highest BCUT2D eigenvalue weighted by Gasteiger charge is 2.36. The number of nitrogens with zero attached hydrogens (tertiary/aromatic N) is 2. The number of halogens is 5. The fraction of sp³-hybridized carbons (Fsp3) is 0.278. The van der Waals surface area contributed by atoms with Crippen molar-refractivity contribution in [2.75, 3.05) is 17.4 Å². The summed E-state index contributed by atoms with van der Waals surface area (Å²) in [6, 6.07) is 21.9. The molecule has 0 aliphatic heterocycles. The SMILES string of the molecule is Cc1ccc(S(=O)(=O)N(CC(=O)N(Cc2ccc(Cl)cc2Cl)C(Cc2ccccc2)C(=O)NCC(C)C)c2cccc(C(F)(F)F)c2)cc1. The van der Waals surface area contributed by atoms with Crippen molar-refractivity contribution in [2.45, 2.75) is 50.9 Å². The Hall–Kier alpha value is -4.06. The zero-order chi connectivity index (χ0) is 35.9. The number of aryl methyl sites for hydroxylation is 1. The average Bonchev–Trinajstić information content (AvgIpc) is 3.05. The fourth-order valence-corrected chi connectivity index (χ4v) is 6.89. The fourth-order valence-electron chi connectivity index (χ4n) is 5.01. The van der Waals surface area contributed by atoms with Gasteiger partial charge in [0, 0.05) is 29.6 Å². The first-order valence-corrected chi connectivity index (χ1v) is 17.6. The van der Waals surface area contributed by atoms with Crippen LogP contribution in [0.25, 0.3) is 0 Å². The van der Waals surface area contributed by atoms with Crippen LogP contribution in [0.3, 0.4) is 0 Å². The molecule has 0 spiro atoms. The van der Waals surface area contributed by atoms with Gasteiger partial charge in [-0.1, -0.05) is 97.2 Å². The van der Waals surface area contributed by atoms with Gasteiger partial charge in [-0.3, -0.25) is 13.9 Å². The van der Waals surface area contributed by atoms with Gasteiger partial charge in [0.05, 0.1) is 16.1 Å². The minimum Gasteiger partial charge on any atom is -0.354 e. The maximum absolute atomic E-state index is 14.5. The molecule has 0 bridgehead atoms. The van der Waals surface area contributed by atoms with Gasteiger partial charge in [0.2, 0.25) is 11.8 Å². The van der Waals surface area contributed by atoms with E-state index in [-0.39, 0.29) is 34.5 Å². The monoisotopic (exact) mass is 733 g/mol. The third-order valence-electron chi connectivity index (χ3n) is 7.66. The summed E-state index contributed by atoms with van der Waals surface area (Å²) in [7, 11) is -4.60. The smallest absolute Gasteiger partial charge is 0.354 e. The van der Waals surface area contributed by atoms with Gasteiger partial charge < -0.3 is 10.2 Å². The van der Waals surface area contributed by atoms with Crippen LogP contribution in [0.15, 0.2) is 102 Å². The van der Waals surface area contributed by atoms with E-state index in [2.05, 4.69) is 5.32 Å². The van der Waals surface area contributed by atoms with Crippen molar-refractivity contribution < 1.29 is 31.2 Å². The summed E-state index contributed by atoms with van der Waals surface area (Å²) in [4.78, 5) is 29.4. The van der Waals surface area contributed by atoms with E-state index in [1.807, 2.05) is 13.8 Å². The molecule has 0 aromatic heterocycles. The maximum Gasteiger partial charge on any atom is 0.416 e. The summed E-state index contributed by atoms with van der Waals surface area (Å²) in [5.41, 5.74) is 0.414. The highest BCUT2D eigenvalue weighted by molar-refractivity contribution is 7.92. The molecule has 49 heavy (non-hydrogen) atoms. The van der Waals surface area contributed by atoms with E-state index < -0.39 is 46.2 Å². The number of carbonyl (C=O) groups is 2. The first kappa shape index (κ1) is 37.8. The Morgan fingerprint density at radius 2 is 1.55 bits per heavy atom. The molecule has 260 valence electrons. The van der Waals surface area contributed by atoms with Crippen LogP contribution in [0, 0.1) is 12.8 Å². The Morgan fingerprint density at radius 1 is 0.878 bits per heavy atom. The van der Waals surface area contributed by atoms with Crippen molar-refractivity contribution in [3.05, 3.63) is 129 Å². The number of carbonyl (C=O) groups excluding carboxylic acids is 2. The van der Waals surface area contributed by atoms with Gasteiger partial charge in [0.1, 0.15) is 12.6 Å². The molecule has 0 radical (unpaired) electrons. The van der Waals surface area contributed by atoms with Gasteiger partial charge in [-0.05, 0) is 66.4 Å². The van der Waals surface area contributed by atoms with E-state index in [0.717, 1.165) is 17.7 Å². The van der Waals surface area contributed by atoms with Crippen LogP contribution in [-0.2, 0) is 38.8 Å². The predicted molar refractivity (Wildman–Crippen MR) is 186 cm³/mol. The highest BCUT2D eigenvalue weighted by Crippen LogP contribution is 2.34. The van der Waals surface area contributed by atoms with Gasteiger partial charge in [-0.15, -0.1) is 0 Å². The normalized spacial score (nSPS) is 12.4. The molecular weight excluding hydrogens is 698 g/mol. The van der Waals surface area contributed by atoms with Crippen LogP contribution >= 0.6 is 23.2 Å². The van der Waals surface area contributed by atoms with Gasteiger partial charge in [0.25, 0.3) is 10.0 Å². The van der Waals surface area contributed by atoms with Crippen LogP contribution in [0.5, 0.6) is 0 Å². The largest absolute Gasteiger partial charge is 0.416 e. The molecule has 1 N–H and O–H groups in total. The highest BCUT2D eigenvalue weighted by atomic mass is 35.5. The Labute approximate surface area is 294 Å². The van der Waals surface area contributed by atoms with E-state index in [1.54, 1.807) is 61.5 Å². The van der Waals surface area contributed by atoms with E-state index in [9.17, 15) is 31.2 Å². The number of benzene rings is 4. The minimum absolute atomic E-state index is 0.0516. The molecule has 0 saturated heterocycles. The summed E-state index contributed by atoms with van der Waals surface area (Å²) < 4.78 is 70.4. The van der Waals surface area contributed by atoms with Crippen molar-refractivity contribution in [1.29, 1.82) is 0 Å². The number of rotatable bonds is 13. The standard InChI is InChI=1S/C36H36Cl2F3N3O4S/c1-24(2)21-42-35(46)33(18-26-8-5-4-6-9-26)43(22-27-14-15-29(37)20-32(27)38)34(45)23-44(30-11-7-10-28(19-30)36(39,40)41)49(47,48)31-16-12-25(3)13-17-31/h4-17,19-20,24,33H,18,21-23H2,1-3H3,(H,42,46). The van der Waals surface area contributed by atoms with Gasteiger partial charge in [0.15, 0.2) is 0 Å². The molecule has 4 aromatic carbocycles. The topological polar surface area (TPSA) is 86.8 Å². The molecule has 0 fully saturated rings. The Kier molecular flexibility index (Phi) is 12.4. The molecule has 1 atom stereocenters. The summed E-state index contributed by atoms with van der Waals surface area (Å²) in [5.74, 6) is -1.27. The van der Waals surface area contributed by atoms with Gasteiger partial charge in [-0.2, -0.15) is 13.2 Å².